The minimum absolute atomic E-state index is 0. The van der Waals surface area contributed by atoms with Gasteiger partial charge in [-0.05, 0) is 12.8 Å². The van der Waals surface area contributed by atoms with Crippen molar-refractivity contribution in [3.8, 4) is 0 Å². The van der Waals surface area contributed by atoms with Crippen LogP contribution in [0.4, 0.5) is 5.95 Å². The molecule has 2 rings (SSSR count). The van der Waals surface area contributed by atoms with E-state index in [1.807, 2.05) is 0 Å². The number of nitrogens with zero attached hydrogens (tertiary/aromatic N) is 2. The summed E-state index contributed by atoms with van der Waals surface area (Å²) in [5.41, 5.74) is 5.47. The largest absolute Gasteiger partial charge is 0.469 e. The second kappa shape index (κ2) is 5.86. The van der Waals surface area contributed by atoms with Crippen LogP contribution >= 0.6 is 12.4 Å². The Balaban J connectivity index is 0.00000144. The van der Waals surface area contributed by atoms with Crippen molar-refractivity contribution in [3.63, 3.8) is 0 Å². The molecule has 0 unspecified atom stereocenters. The van der Waals surface area contributed by atoms with Crippen LogP contribution in [0.15, 0.2) is 0 Å². The molecule has 3 N–H and O–H groups in total. The molecule has 0 aromatic carbocycles. The molecule has 1 aliphatic rings. The molecule has 0 radical (unpaired) electrons. The normalized spacial score (nSPS) is 23.8. The molecule has 1 fully saturated rings. The fourth-order valence-electron chi connectivity index (χ4n) is 2.35. The minimum Gasteiger partial charge on any atom is -0.469 e. The number of esters is 1. The Morgan fingerprint density at radius 1 is 1.47 bits per heavy atom. The number of aromatic amines is 1. The van der Waals surface area contributed by atoms with Crippen LogP contribution in [0.1, 0.15) is 37.4 Å². The highest BCUT2D eigenvalue weighted by Crippen LogP contribution is 2.36. The van der Waals surface area contributed by atoms with E-state index in [-0.39, 0.29) is 36.2 Å². The van der Waals surface area contributed by atoms with Crippen LogP contribution in [0.25, 0.3) is 0 Å². The van der Waals surface area contributed by atoms with E-state index in [1.54, 1.807) is 0 Å². The third-order valence-corrected chi connectivity index (χ3v) is 3.14. The molecule has 7 heteroatoms. The van der Waals surface area contributed by atoms with Crippen molar-refractivity contribution in [1.29, 1.82) is 0 Å². The van der Waals surface area contributed by atoms with E-state index in [0.717, 1.165) is 25.7 Å². The highest BCUT2D eigenvalue weighted by molar-refractivity contribution is 5.85. The van der Waals surface area contributed by atoms with Gasteiger partial charge in [-0.2, -0.15) is 4.98 Å². The van der Waals surface area contributed by atoms with Gasteiger partial charge in [0.05, 0.1) is 13.0 Å². The second-order valence-electron chi connectivity index (χ2n) is 4.10. The van der Waals surface area contributed by atoms with E-state index in [9.17, 15) is 4.79 Å². The summed E-state index contributed by atoms with van der Waals surface area (Å²) in [6.07, 6.45) is 3.92. The van der Waals surface area contributed by atoms with E-state index in [0.29, 0.717) is 5.82 Å². The molecule has 1 heterocycles. The Morgan fingerprint density at radius 3 is 2.76 bits per heavy atom. The van der Waals surface area contributed by atoms with Crippen molar-refractivity contribution in [2.24, 2.45) is 5.92 Å². The number of ether oxygens (including phenoxy) is 1. The minimum atomic E-state index is -0.167. The summed E-state index contributed by atoms with van der Waals surface area (Å²) in [5.74, 6) is 0.702. The maximum absolute atomic E-state index is 11.6. The van der Waals surface area contributed by atoms with Crippen LogP contribution in [0.5, 0.6) is 0 Å². The number of nitrogens with one attached hydrogen (secondary N) is 1. The maximum atomic E-state index is 11.6. The molecule has 2 atom stereocenters. The molecule has 1 aromatic heterocycles. The van der Waals surface area contributed by atoms with Gasteiger partial charge in [-0.1, -0.05) is 12.8 Å². The van der Waals surface area contributed by atoms with Crippen LogP contribution in [0, 0.1) is 5.92 Å². The van der Waals surface area contributed by atoms with Crippen LogP contribution in [0.3, 0.4) is 0 Å². The maximum Gasteiger partial charge on any atom is 0.309 e. The lowest BCUT2D eigenvalue weighted by Gasteiger charge is -2.27. The Bertz CT molecular complexity index is 382. The van der Waals surface area contributed by atoms with Gasteiger partial charge < -0.3 is 10.5 Å². The molecule has 1 aromatic rings. The van der Waals surface area contributed by atoms with Gasteiger partial charge in [0.15, 0.2) is 0 Å². The summed E-state index contributed by atoms with van der Waals surface area (Å²) < 4.78 is 4.82. The topological polar surface area (TPSA) is 93.9 Å². The number of rotatable bonds is 2. The van der Waals surface area contributed by atoms with Crippen LogP contribution in [0.2, 0.25) is 0 Å². The van der Waals surface area contributed by atoms with E-state index in [2.05, 4.69) is 15.2 Å². The molecule has 96 valence electrons. The summed E-state index contributed by atoms with van der Waals surface area (Å²) in [4.78, 5) is 15.7. The monoisotopic (exact) mass is 260 g/mol. The number of nitrogen functional groups attached to an aromatic ring is 1. The summed E-state index contributed by atoms with van der Waals surface area (Å²) in [6.45, 7) is 0. The number of H-pyrrole nitrogens is 1. The Kier molecular flexibility index (Phi) is 4.74. The number of halogens is 1. The van der Waals surface area contributed by atoms with Gasteiger partial charge in [-0.15, -0.1) is 17.5 Å². The number of anilines is 1. The zero-order valence-corrected chi connectivity index (χ0v) is 10.5. The quantitative estimate of drug-likeness (QED) is 0.781. The van der Waals surface area contributed by atoms with E-state index < -0.39 is 0 Å². The molecule has 0 amide bonds. The average molecular weight is 261 g/mol. The molecular weight excluding hydrogens is 244 g/mol. The van der Waals surface area contributed by atoms with Crippen LogP contribution < -0.4 is 5.73 Å². The van der Waals surface area contributed by atoms with Crippen molar-refractivity contribution in [3.05, 3.63) is 5.82 Å². The predicted octanol–water partition coefficient (Wildman–Crippen LogP) is 1.26. The van der Waals surface area contributed by atoms with Crippen molar-refractivity contribution < 1.29 is 9.53 Å². The molecule has 0 saturated heterocycles. The molecule has 1 aliphatic carbocycles. The van der Waals surface area contributed by atoms with Gasteiger partial charge in [0.1, 0.15) is 5.82 Å². The standard InChI is InChI=1S/C10H16N4O2.ClH/c1-16-9(15)7-5-3-2-4-6(7)8-12-10(11)14-13-8;/h6-7H,2-5H2,1H3,(H3,11,12,13,14);1H/t6-,7+;/m0./s1. The van der Waals surface area contributed by atoms with Gasteiger partial charge in [0.25, 0.3) is 0 Å². The first-order valence-corrected chi connectivity index (χ1v) is 5.48. The summed E-state index contributed by atoms with van der Waals surface area (Å²) in [5, 5.41) is 6.59. The molecule has 0 spiro atoms. The fraction of sp³-hybridized carbons (Fsp3) is 0.700. The van der Waals surface area contributed by atoms with Crippen molar-refractivity contribution >= 4 is 24.3 Å². The third-order valence-electron chi connectivity index (χ3n) is 3.14. The van der Waals surface area contributed by atoms with Crippen molar-refractivity contribution in [1.82, 2.24) is 15.2 Å². The summed E-state index contributed by atoms with van der Waals surface area (Å²) >= 11 is 0. The van der Waals surface area contributed by atoms with Gasteiger partial charge >= 0.3 is 5.97 Å². The predicted molar refractivity (Wildman–Crippen MR) is 64.8 cm³/mol. The van der Waals surface area contributed by atoms with Gasteiger partial charge in [0.2, 0.25) is 5.95 Å². The highest BCUT2D eigenvalue weighted by atomic mass is 35.5. The third kappa shape index (κ3) is 2.88. The Hall–Kier alpha value is -1.30. The first-order valence-electron chi connectivity index (χ1n) is 5.48. The van der Waals surface area contributed by atoms with E-state index >= 15 is 0 Å². The van der Waals surface area contributed by atoms with Crippen LogP contribution in [-0.4, -0.2) is 28.3 Å². The number of hydrogen-bond acceptors (Lipinski definition) is 5. The first kappa shape index (κ1) is 13.8. The van der Waals surface area contributed by atoms with E-state index in [1.165, 1.54) is 7.11 Å². The summed E-state index contributed by atoms with van der Waals surface area (Å²) in [7, 11) is 1.42. The lowest BCUT2D eigenvalue weighted by atomic mass is 9.79. The molecular formula is C10H17ClN4O2. The number of carbonyl (C=O) groups is 1. The second-order valence-corrected chi connectivity index (χ2v) is 4.10. The van der Waals surface area contributed by atoms with Crippen molar-refractivity contribution in [2.75, 3.05) is 12.8 Å². The number of aromatic nitrogens is 3. The zero-order valence-electron chi connectivity index (χ0n) is 9.68. The van der Waals surface area contributed by atoms with Crippen molar-refractivity contribution in [2.45, 2.75) is 31.6 Å². The SMILES string of the molecule is COC(=O)[C@@H]1CCCC[C@@H]1c1nc(N)n[nH]1.Cl. The number of carbonyl (C=O) groups excluding carboxylic acids is 1. The molecule has 1 saturated carbocycles. The van der Waals surface area contributed by atoms with Gasteiger partial charge in [-0.3, -0.25) is 9.89 Å². The van der Waals surface area contributed by atoms with Crippen LogP contribution in [-0.2, 0) is 9.53 Å². The number of nitrogens with two attached hydrogens (primary N) is 1. The first-order chi connectivity index (χ1) is 7.72. The average Bonchev–Trinajstić information content (AvgIpc) is 2.75. The van der Waals surface area contributed by atoms with E-state index in [4.69, 9.17) is 10.5 Å². The van der Waals surface area contributed by atoms with Gasteiger partial charge in [0, 0.05) is 5.92 Å². The Morgan fingerprint density at radius 2 is 2.18 bits per heavy atom. The number of methoxy groups -OCH3 is 1. The molecule has 17 heavy (non-hydrogen) atoms. The smallest absolute Gasteiger partial charge is 0.309 e. The lowest BCUT2D eigenvalue weighted by molar-refractivity contribution is -0.147. The molecule has 0 bridgehead atoms. The Labute approximate surface area is 106 Å². The highest BCUT2D eigenvalue weighted by Gasteiger charge is 2.34. The molecule has 0 aliphatic heterocycles. The summed E-state index contributed by atoms with van der Waals surface area (Å²) in [6, 6.07) is 0. The zero-order chi connectivity index (χ0) is 11.5. The fourth-order valence-corrected chi connectivity index (χ4v) is 2.35. The van der Waals surface area contributed by atoms with Gasteiger partial charge in [-0.25, -0.2) is 0 Å². The number of hydrogen-bond donors (Lipinski definition) is 2. The lowest BCUT2D eigenvalue weighted by Crippen LogP contribution is -2.27. The molecule has 6 nitrogen and oxygen atoms in total.